The van der Waals surface area contributed by atoms with Crippen molar-refractivity contribution in [2.75, 3.05) is 27.7 Å². The molecule has 5 heterocycles. The molecule has 0 saturated carbocycles. The minimum absolute atomic E-state index is 0.100. The van der Waals surface area contributed by atoms with E-state index in [0.29, 0.717) is 19.3 Å². The highest BCUT2D eigenvalue weighted by atomic mass is 16.7. The number of hydrogen-bond donors (Lipinski definition) is 1. The van der Waals surface area contributed by atoms with E-state index in [1.807, 2.05) is 48.8 Å². The van der Waals surface area contributed by atoms with Gasteiger partial charge in [0.15, 0.2) is 17.7 Å². The van der Waals surface area contributed by atoms with Crippen LogP contribution in [0.5, 0.6) is 0 Å². The molecule has 0 radical (unpaired) electrons. The van der Waals surface area contributed by atoms with Gasteiger partial charge in [-0.2, -0.15) is 0 Å². The van der Waals surface area contributed by atoms with Crippen LogP contribution in [0.2, 0.25) is 0 Å². The van der Waals surface area contributed by atoms with Crippen molar-refractivity contribution in [3.63, 3.8) is 0 Å². The highest BCUT2D eigenvalue weighted by Gasteiger charge is 2.61. The molecule has 0 bridgehead atoms. The maximum Gasteiger partial charge on any atom is 0.411 e. The average Bonchev–Trinajstić information content (AvgIpc) is 3.85. The van der Waals surface area contributed by atoms with Crippen LogP contribution < -0.4 is 0 Å². The van der Waals surface area contributed by atoms with Gasteiger partial charge in [-0.25, -0.2) is 9.78 Å². The first-order valence-electron chi connectivity index (χ1n) is 21.7. The smallest absolute Gasteiger partial charge is 0.411 e. The number of nitrogens with zero attached hydrogens (tertiary/aromatic N) is 5. The Kier molecular flexibility index (Phi) is 15.1. The highest BCUT2D eigenvalue weighted by Crippen LogP contribution is 2.44. The largest absolute Gasteiger partial charge is 0.457 e. The molecule has 338 valence electrons. The van der Waals surface area contributed by atoms with E-state index in [-0.39, 0.29) is 37.3 Å². The lowest BCUT2D eigenvalue weighted by Crippen LogP contribution is -2.60. The number of aliphatic hydroxyl groups excluding tert-OH is 1. The first kappa shape index (κ1) is 48.0. The molecule has 15 nitrogen and oxygen atoms in total. The third-order valence-corrected chi connectivity index (χ3v) is 13.6. The van der Waals surface area contributed by atoms with Gasteiger partial charge in [0.05, 0.1) is 35.9 Å². The first-order chi connectivity index (χ1) is 28.7. The molecular formula is C46H69N5O10. The maximum absolute atomic E-state index is 14.9. The van der Waals surface area contributed by atoms with Crippen molar-refractivity contribution in [1.82, 2.24) is 24.3 Å². The molecule has 13 atom stereocenters. The Hall–Kier alpha value is -4.02. The zero-order valence-corrected chi connectivity index (χ0v) is 38.2. The SMILES string of the molecule is C=CC12OC(=O)N(CCCC(C)(C)n3cnc(-c4cccnc4)c3)C1[C@@H](C)C(=O)[C@H](C)C[C@](C)(OC)[C@H](OC1OC(C)CC(N(C)C)[C@H]1O)C(C)C(=O)C(C)C(=O)OC2CC. The summed E-state index contributed by atoms with van der Waals surface area (Å²) in [6, 6.07) is 2.61. The van der Waals surface area contributed by atoms with Gasteiger partial charge < -0.3 is 38.3 Å². The standard InChI is InChI=1S/C46H69N5O10/c1-14-35-46(15-2)39(51(43(56)61-46)21-17-19-44(8,9)50-25-33(48-26-50)32-18-16-20-47-24-32)29(5)36(52)27(3)23-45(10,57-13)40(30(6)37(53)31(7)41(55)59-35)60-42-38(54)34(49(11)12)22-28(4)58-42/h15-16,18,20,24-31,34-35,38-40,42,54H,2,14,17,19,21-23H2,1,3-13H3/t27-,28?,29+,30?,31?,34?,35?,38-,39?,40-,42?,45+,46?/m1/s1. The van der Waals surface area contributed by atoms with Gasteiger partial charge in [0.1, 0.15) is 23.9 Å². The fraction of sp³-hybridized carbons (Fsp3) is 0.696. The molecule has 3 aliphatic rings. The second kappa shape index (κ2) is 19.2. The van der Waals surface area contributed by atoms with Crippen LogP contribution in [-0.4, -0.2) is 135 Å². The van der Waals surface area contributed by atoms with E-state index >= 15 is 0 Å². The number of amides is 1. The lowest BCUT2D eigenvalue weighted by Gasteiger charge is -2.47. The predicted molar refractivity (Wildman–Crippen MR) is 228 cm³/mol. The van der Waals surface area contributed by atoms with E-state index < -0.39 is 88.9 Å². The van der Waals surface area contributed by atoms with Crippen LogP contribution >= 0.6 is 0 Å². The second-order valence-corrected chi connectivity index (χ2v) is 18.6. The van der Waals surface area contributed by atoms with Crippen molar-refractivity contribution < 1.29 is 48.0 Å². The average molecular weight is 852 g/mol. The molecule has 5 rings (SSSR count). The van der Waals surface area contributed by atoms with E-state index in [2.05, 4.69) is 30.4 Å². The van der Waals surface area contributed by atoms with Crippen LogP contribution in [0.1, 0.15) is 94.4 Å². The third kappa shape index (κ3) is 9.65. The van der Waals surface area contributed by atoms with Crippen LogP contribution in [0.4, 0.5) is 4.79 Å². The number of Topliss-reactive ketones (excluding diaryl/α,β-unsaturated/α-hetero) is 2. The number of hydrogen-bond acceptors (Lipinski definition) is 13. The summed E-state index contributed by atoms with van der Waals surface area (Å²) >= 11 is 0. The number of fused-ring (bicyclic) bond motifs is 1. The highest BCUT2D eigenvalue weighted by molar-refractivity contribution is 6.00. The van der Waals surface area contributed by atoms with Crippen molar-refractivity contribution in [3.05, 3.63) is 49.7 Å². The number of ketones is 2. The minimum Gasteiger partial charge on any atom is -0.457 e. The van der Waals surface area contributed by atoms with Crippen LogP contribution in [0.15, 0.2) is 49.7 Å². The monoisotopic (exact) mass is 852 g/mol. The van der Waals surface area contributed by atoms with Crippen LogP contribution in [0.3, 0.4) is 0 Å². The Balaban J connectivity index is 1.49. The van der Waals surface area contributed by atoms with Crippen molar-refractivity contribution in [1.29, 1.82) is 0 Å². The van der Waals surface area contributed by atoms with E-state index in [1.165, 1.54) is 20.1 Å². The molecule has 3 fully saturated rings. The van der Waals surface area contributed by atoms with Gasteiger partial charge in [0.2, 0.25) is 0 Å². The molecule has 1 N–H and O–H groups in total. The van der Waals surface area contributed by atoms with Gasteiger partial charge in [-0.3, -0.25) is 24.3 Å². The summed E-state index contributed by atoms with van der Waals surface area (Å²) in [7, 11) is 5.23. The summed E-state index contributed by atoms with van der Waals surface area (Å²) in [4.78, 5) is 69.8. The number of rotatable bonds is 12. The minimum atomic E-state index is -1.61. The van der Waals surface area contributed by atoms with Gasteiger partial charge >= 0.3 is 12.1 Å². The van der Waals surface area contributed by atoms with E-state index in [1.54, 1.807) is 58.2 Å². The van der Waals surface area contributed by atoms with E-state index in [9.17, 15) is 24.3 Å². The Morgan fingerprint density at radius 2 is 1.80 bits per heavy atom. The molecule has 61 heavy (non-hydrogen) atoms. The zero-order valence-electron chi connectivity index (χ0n) is 38.2. The lowest BCUT2D eigenvalue weighted by molar-refractivity contribution is -0.295. The number of esters is 1. The molecule has 8 unspecified atom stereocenters. The summed E-state index contributed by atoms with van der Waals surface area (Å²) in [6.45, 7) is 20.7. The molecular weight excluding hydrogens is 783 g/mol. The van der Waals surface area contributed by atoms with Crippen molar-refractivity contribution in [2.24, 2.45) is 23.7 Å². The Morgan fingerprint density at radius 1 is 1.10 bits per heavy atom. The number of ether oxygens (including phenoxy) is 5. The second-order valence-electron chi connectivity index (χ2n) is 18.6. The summed E-state index contributed by atoms with van der Waals surface area (Å²) in [5.74, 6) is -5.25. The maximum atomic E-state index is 14.9. The molecule has 2 aromatic rings. The van der Waals surface area contributed by atoms with E-state index in [0.717, 1.165) is 11.3 Å². The summed E-state index contributed by atoms with van der Waals surface area (Å²) < 4.78 is 33.5. The van der Waals surface area contributed by atoms with E-state index in [4.69, 9.17) is 23.7 Å². The molecule has 3 saturated heterocycles. The molecule has 0 spiro atoms. The summed E-state index contributed by atoms with van der Waals surface area (Å²) in [6.07, 6.45) is 5.48. The topological polar surface area (TPSA) is 172 Å². The number of carbonyl (C=O) groups excluding carboxylic acids is 4. The summed E-state index contributed by atoms with van der Waals surface area (Å²) in [5, 5.41) is 11.5. The lowest BCUT2D eigenvalue weighted by atomic mass is 9.72. The number of aliphatic hydroxyl groups is 1. The molecule has 15 heteroatoms. The molecule has 0 aliphatic carbocycles. The number of cyclic esters (lactones) is 1. The third-order valence-electron chi connectivity index (χ3n) is 13.6. The Bertz CT molecular complexity index is 1870. The van der Waals surface area contributed by atoms with Gasteiger partial charge in [-0.1, -0.05) is 34.3 Å². The first-order valence-corrected chi connectivity index (χ1v) is 21.7. The molecule has 1 amide bonds. The van der Waals surface area contributed by atoms with Crippen LogP contribution in [0.25, 0.3) is 11.3 Å². The Morgan fingerprint density at radius 3 is 2.41 bits per heavy atom. The van der Waals surface area contributed by atoms with Crippen molar-refractivity contribution in [3.8, 4) is 11.3 Å². The van der Waals surface area contributed by atoms with Gasteiger partial charge in [-0.05, 0) is 99.0 Å². The van der Waals surface area contributed by atoms with Crippen molar-refractivity contribution in [2.45, 2.75) is 154 Å². The normalized spacial score (nSPS) is 35.7. The number of likely N-dealkylation sites (N-methyl/N-ethyl adjacent to an activating group) is 1. The quantitative estimate of drug-likeness (QED) is 0.154. The van der Waals surface area contributed by atoms with Crippen molar-refractivity contribution >= 4 is 23.6 Å². The fourth-order valence-electron chi connectivity index (χ4n) is 9.81. The fourth-order valence-corrected chi connectivity index (χ4v) is 9.81. The van der Waals surface area contributed by atoms with Gasteiger partial charge in [0.25, 0.3) is 0 Å². The molecule has 3 aliphatic heterocycles. The Labute approximate surface area is 361 Å². The predicted octanol–water partition coefficient (Wildman–Crippen LogP) is 5.83. The number of pyridine rings is 1. The van der Waals surface area contributed by atoms with Gasteiger partial charge in [-0.15, -0.1) is 0 Å². The number of methoxy groups -OCH3 is 1. The summed E-state index contributed by atoms with van der Waals surface area (Å²) in [5.41, 5.74) is -1.62. The number of aromatic nitrogens is 3. The molecule has 2 aromatic heterocycles. The van der Waals surface area contributed by atoms with Crippen LogP contribution in [0, 0.1) is 23.7 Å². The number of imidazole rings is 1. The zero-order chi connectivity index (χ0) is 45.2. The van der Waals surface area contributed by atoms with Gasteiger partial charge in [0, 0.05) is 67.1 Å². The number of carbonyl (C=O) groups is 4. The molecule has 0 aromatic carbocycles. The van der Waals surface area contributed by atoms with Crippen LogP contribution in [-0.2, 0) is 43.6 Å².